The van der Waals surface area contributed by atoms with Crippen molar-refractivity contribution in [3.8, 4) is 0 Å². The van der Waals surface area contributed by atoms with E-state index in [1.54, 1.807) is 0 Å². The Hall–Kier alpha value is -0.790. The van der Waals surface area contributed by atoms with Crippen LogP contribution in [0.5, 0.6) is 0 Å². The molecule has 0 bridgehead atoms. The van der Waals surface area contributed by atoms with Gasteiger partial charge in [-0.2, -0.15) is 0 Å². The molecule has 0 heterocycles. The largest absolute Gasteiger partial charge is 0.469 e. The molecule has 29 heavy (non-hydrogen) atoms. The average molecular weight is 409 g/mol. The number of allylic oxidation sites excluding steroid dienone is 2. The van der Waals surface area contributed by atoms with E-state index in [0.717, 1.165) is 6.42 Å². The quantitative estimate of drug-likeness (QED) is 0.0956. The molecule has 2 nitrogen and oxygen atoms in total. The number of hydrogen-bond acceptors (Lipinski definition) is 2. The summed E-state index contributed by atoms with van der Waals surface area (Å²) in [5.74, 6) is -0.0642. The van der Waals surface area contributed by atoms with Gasteiger partial charge in [-0.25, -0.2) is 0 Å². The summed E-state index contributed by atoms with van der Waals surface area (Å²) in [5.41, 5.74) is 0. The van der Waals surface area contributed by atoms with E-state index in [1.165, 1.54) is 136 Å². The minimum atomic E-state index is -0.0642. The van der Waals surface area contributed by atoms with Gasteiger partial charge in [-0.3, -0.25) is 4.79 Å². The fourth-order valence-corrected chi connectivity index (χ4v) is 3.86. The molecule has 172 valence electrons. The Kier molecular flexibility index (Phi) is 24.6. The molecule has 0 aromatic rings. The minimum absolute atomic E-state index is 0.0642. The number of carbonyl (C=O) groups excluding carboxylic acids is 1. The van der Waals surface area contributed by atoms with E-state index in [9.17, 15) is 4.79 Å². The number of carbonyl (C=O) groups is 1. The molecular formula is C27H52O2. The highest BCUT2D eigenvalue weighted by Crippen LogP contribution is 2.14. The molecule has 0 fully saturated rings. The predicted molar refractivity (Wildman–Crippen MR) is 128 cm³/mol. The number of methoxy groups -OCH3 is 1. The van der Waals surface area contributed by atoms with Crippen LogP contribution >= 0.6 is 0 Å². The van der Waals surface area contributed by atoms with Crippen molar-refractivity contribution in [2.45, 2.75) is 148 Å². The van der Waals surface area contributed by atoms with Gasteiger partial charge in [0.2, 0.25) is 0 Å². The summed E-state index contributed by atoms with van der Waals surface area (Å²) in [5, 5.41) is 0. The third-order valence-electron chi connectivity index (χ3n) is 5.87. The smallest absolute Gasteiger partial charge is 0.305 e. The molecule has 0 aliphatic rings. The van der Waals surface area contributed by atoms with Crippen LogP contribution in [0, 0.1) is 0 Å². The summed E-state index contributed by atoms with van der Waals surface area (Å²) in [6.45, 7) is 2.28. The molecule has 0 unspecified atom stereocenters. The topological polar surface area (TPSA) is 26.3 Å². The first-order valence-corrected chi connectivity index (χ1v) is 13.0. The Bertz CT molecular complexity index is 348. The Morgan fingerprint density at radius 1 is 0.552 bits per heavy atom. The van der Waals surface area contributed by atoms with Crippen molar-refractivity contribution in [2.24, 2.45) is 0 Å². The molecule has 0 aromatic carbocycles. The van der Waals surface area contributed by atoms with Gasteiger partial charge < -0.3 is 4.74 Å². The standard InChI is InChI=1S/C27H52O2/c1-3-4-5-6-7-8-9-10-11-12-13-14-15-16-17-18-19-20-21-22-23-24-25-26-27(28)29-2/h8-9H,3-7,10-26H2,1-2H3/b9-8-. The highest BCUT2D eigenvalue weighted by molar-refractivity contribution is 5.68. The molecule has 0 spiro atoms. The number of ether oxygens (including phenoxy) is 1. The summed E-state index contributed by atoms with van der Waals surface area (Å²) in [7, 11) is 1.47. The lowest BCUT2D eigenvalue weighted by Gasteiger charge is -2.03. The van der Waals surface area contributed by atoms with Crippen molar-refractivity contribution in [3.63, 3.8) is 0 Å². The SMILES string of the molecule is CCCCCC/C=C\CCCCCCCCCCCCCCCCCC(=O)OC. The molecule has 2 heteroatoms. The van der Waals surface area contributed by atoms with Crippen LogP contribution in [0.4, 0.5) is 0 Å². The lowest BCUT2D eigenvalue weighted by Crippen LogP contribution is -1.99. The Morgan fingerprint density at radius 2 is 0.897 bits per heavy atom. The van der Waals surface area contributed by atoms with Crippen LogP contribution in [-0.2, 0) is 9.53 Å². The van der Waals surface area contributed by atoms with E-state index in [-0.39, 0.29) is 5.97 Å². The van der Waals surface area contributed by atoms with Crippen molar-refractivity contribution in [2.75, 3.05) is 7.11 Å². The fourth-order valence-electron chi connectivity index (χ4n) is 3.86. The number of hydrogen-bond donors (Lipinski definition) is 0. The van der Waals surface area contributed by atoms with Crippen LogP contribution in [-0.4, -0.2) is 13.1 Å². The van der Waals surface area contributed by atoms with Crippen molar-refractivity contribution < 1.29 is 9.53 Å². The second-order valence-electron chi connectivity index (χ2n) is 8.74. The highest BCUT2D eigenvalue weighted by atomic mass is 16.5. The van der Waals surface area contributed by atoms with Gasteiger partial charge >= 0.3 is 5.97 Å². The molecule has 0 aliphatic carbocycles. The van der Waals surface area contributed by atoms with E-state index in [4.69, 9.17) is 0 Å². The van der Waals surface area contributed by atoms with Gasteiger partial charge in [-0.05, 0) is 32.1 Å². The Balaban J connectivity index is 3.06. The average Bonchev–Trinajstić information content (AvgIpc) is 2.74. The maximum atomic E-state index is 11.0. The maximum Gasteiger partial charge on any atom is 0.305 e. The third-order valence-corrected chi connectivity index (χ3v) is 5.87. The summed E-state index contributed by atoms with van der Waals surface area (Å²) in [6, 6.07) is 0. The molecule has 0 rings (SSSR count). The normalized spacial score (nSPS) is 11.4. The van der Waals surface area contributed by atoms with Gasteiger partial charge in [0, 0.05) is 6.42 Å². The molecule has 0 atom stereocenters. The van der Waals surface area contributed by atoms with Crippen LogP contribution in [0.2, 0.25) is 0 Å². The first-order valence-electron chi connectivity index (χ1n) is 13.0. The predicted octanol–water partition coefficient (Wildman–Crippen LogP) is 9.32. The summed E-state index contributed by atoms with van der Waals surface area (Å²) in [4.78, 5) is 11.0. The van der Waals surface area contributed by atoms with Gasteiger partial charge in [0.25, 0.3) is 0 Å². The first-order chi connectivity index (χ1) is 14.3. The lowest BCUT2D eigenvalue weighted by molar-refractivity contribution is -0.140. The van der Waals surface area contributed by atoms with Gasteiger partial charge in [0.05, 0.1) is 7.11 Å². The van der Waals surface area contributed by atoms with E-state index in [0.29, 0.717) is 6.42 Å². The zero-order chi connectivity index (χ0) is 21.3. The number of rotatable bonds is 23. The zero-order valence-corrected chi connectivity index (χ0v) is 20.0. The maximum absolute atomic E-state index is 11.0. The van der Waals surface area contributed by atoms with Crippen molar-refractivity contribution in [1.82, 2.24) is 0 Å². The van der Waals surface area contributed by atoms with Crippen molar-refractivity contribution in [3.05, 3.63) is 12.2 Å². The monoisotopic (exact) mass is 408 g/mol. The number of unbranched alkanes of at least 4 members (excludes halogenated alkanes) is 19. The third kappa shape index (κ3) is 25.2. The molecule has 0 N–H and O–H groups in total. The number of esters is 1. The summed E-state index contributed by atoms with van der Waals surface area (Å²) in [6.07, 6.45) is 33.8. The van der Waals surface area contributed by atoms with Crippen LogP contribution in [0.25, 0.3) is 0 Å². The van der Waals surface area contributed by atoms with Crippen LogP contribution in [0.15, 0.2) is 12.2 Å². The van der Waals surface area contributed by atoms with Crippen LogP contribution < -0.4 is 0 Å². The van der Waals surface area contributed by atoms with Crippen LogP contribution in [0.1, 0.15) is 148 Å². The molecule has 0 saturated heterocycles. The summed E-state index contributed by atoms with van der Waals surface area (Å²) < 4.78 is 4.66. The molecule has 0 amide bonds. The molecule has 0 radical (unpaired) electrons. The Morgan fingerprint density at radius 3 is 1.28 bits per heavy atom. The molecule has 0 saturated carbocycles. The molecular weight excluding hydrogens is 356 g/mol. The highest BCUT2D eigenvalue weighted by Gasteiger charge is 1.99. The van der Waals surface area contributed by atoms with E-state index < -0.39 is 0 Å². The van der Waals surface area contributed by atoms with Gasteiger partial charge in [-0.15, -0.1) is 0 Å². The second-order valence-corrected chi connectivity index (χ2v) is 8.74. The summed E-state index contributed by atoms with van der Waals surface area (Å²) >= 11 is 0. The zero-order valence-electron chi connectivity index (χ0n) is 20.0. The van der Waals surface area contributed by atoms with Crippen LogP contribution in [0.3, 0.4) is 0 Å². The fraction of sp³-hybridized carbons (Fsp3) is 0.889. The van der Waals surface area contributed by atoms with Gasteiger partial charge in [0.15, 0.2) is 0 Å². The van der Waals surface area contributed by atoms with Gasteiger partial charge in [0.1, 0.15) is 0 Å². The minimum Gasteiger partial charge on any atom is -0.469 e. The van der Waals surface area contributed by atoms with E-state index in [2.05, 4.69) is 23.8 Å². The second kappa shape index (κ2) is 25.2. The molecule has 0 aromatic heterocycles. The van der Waals surface area contributed by atoms with E-state index >= 15 is 0 Å². The lowest BCUT2D eigenvalue weighted by atomic mass is 10.0. The van der Waals surface area contributed by atoms with Crippen molar-refractivity contribution >= 4 is 5.97 Å². The Labute approximate surface area is 183 Å². The van der Waals surface area contributed by atoms with E-state index in [1.807, 2.05) is 0 Å². The van der Waals surface area contributed by atoms with Crippen molar-refractivity contribution in [1.29, 1.82) is 0 Å². The molecule has 0 aliphatic heterocycles. The first kappa shape index (κ1) is 28.2. The van der Waals surface area contributed by atoms with Gasteiger partial charge in [-0.1, -0.05) is 122 Å².